The van der Waals surface area contributed by atoms with Crippen LogP contribution in [0.15, 0.2) is 71.4 Å². The number of oxazole rings is 1. The number of nitrogens with zero attached hydrogens (tertiary/aromatic N) is 5. The van der Waals surface area contributed by atoms with Crippen LogP contribution < -0.4 is 10.0 Å². The molecular weight excluding hydrogens is 798 g/mol. The van der Waals surface area contributed by atoms with Crippen LogP contribution in [-0.2, 0) is 27.8 Å². The Balaban J connectivity index is 0.890. The molecule has 310 valence electrons. The van der Waals surface area contributed by atoms with E-state index in [1.807, 2.05) is 30.5 Å². The van der Waals surface area contributed by atoms with Gasteiger partial charge in [0.05, 0.1) is 21.8 Å². The molecular formula is C46H48ClN7O5S. The Morgan fingerprint density at radius 1 is 0.983 bits per heavy atom. The second kappa shape index (κ2) is 14.9. The number of benzene rings is 3. The number of aliphatic hydroxyl groups is 1. The fourth-order valence-electron chi connectivity index (χ4n) is 9.48. The standard InChI is InChI=1S/C46H48ClN7O5S/c1-26-32(33-7-5-9-37(27(33)2)50-43-41-29(12-17-48-43)20-28(22-49-41)23-53-18-14-31(55)25-53)6-4-8-34(26)45-51-38-21-36-35(40(47)42(38)59-45)10-11-39(36)54-19-13-30(24-54)44(56)52-60(57,58)46(3)15-16-46/h4-9,12,17,20-22,30-31,39,55H,10-11,13-16,18-19,23-25H2,1-3H3,(H,48,50)(H,52,56)/t30-,31-,39-/m1/s1. The van der Waals surface area contributed by atoms with E-state index < -0.39 is 20.7 Å². The Morgan fingerprint density at radius 2 is 1.77 bits per heavy atom. The molecule has 2 aliphatic carbocycles. The highest BCUT2D eigenvalue weighted by molar-refractivity contribution is 7.91. The number of likely N-dealkylation sites (tertiary alicyclic amines) is 2. The predicted octanol–water partition coefficient (Wildman–Crippen LogP) is 7.99. The molecule has 10 rings (SSSR count). The molecule has 3 N–H and O–H groups in total. The first-order chi connectivity index (χ1) is 28.9. The molecule has 0 spiro atoms. The number of aromatic nitrogens is 3. The highest BCUT2D eigenvalue weighted by Crippen LogP contribution is 2.46. The number of hydrogen-bond donors (Lipinski definition) is 3. The Morgan fingerprint density at radius 3 is 2.55 bits per heavy atom. The van der Waals surface area contributed by atoms with E-state index in [4.69, 9.17) is 26.0 Å². The summed E-state index contributed by atoms with van der Waals surface area (Å²) < 4.78 is 33.5. The van der Waals surface area contributed by atoms with Crippen LogP contribution in [0.3, 0.4) is 0 Å². The summed E-state index contributed by atoms with van der Waals surface area (Å²) in [6, 6.07) is 18.7. The molecule has 1 saturated carbocycles. The van der Waals surface area contributed by atoms with Gasteiger partial charge in [0.1, 0.15) is 11.0 Å². The number of sulfonamides is 1. The van der Waals surface area contributed by atoms with Crippen LogP contribution in [0.1, 0.15) is 72.9 Å². The normalized spacial score (nSPS) is 21.5. The van der Waals surface area contributed by atoms with Gasteiger partial charge in [-0.05, 0) is 135 Å². The molecule has 14 heteroatoms. The van der Waals surface area contributed by atoms with E-state index in [1.54, 1.807) is 13.1 Å². The average Bonchev–Trinajstić information content (AvgIpc) is 3.69. The van der Waals surface area contributed by atoms with Crippen LogP contribution in [0.5, 0.6) is 0 Å². The van der Waals surface area contributed by atoms with Crippen LogP contribution in [0.25, 0.3) is 44.6 Å². The van der Waals surface area contributed by atoms with Crippen molar-refractivity contribution in [3.63, 3.8) is 0 Å². The lowest BCUT2D eigenvalue weighted by molar-refractivity contribution is -0.122. The number of β-amino-alcohol motifs (C(OH)–C–C–N with tert-alkyl or cyclic N) is 1. The second-order valence-electron chi connectivity index (χ2n) is 17.4. The van der Waals surface area contributed by atoms with Crippen LogP contribution >= 0.6 is 11.6 Å². The first-order valence-electron chi connectivity index (χ1n) is 20.9. The molecule has 0 radical (unpaired) electrons. The fourth-order valence-corrected chi connectivity index (χ4v) is 11.1. The summed E-state index contributed by atoms with van der Waals surface area (Å²) in [4.78, 5) is 32.1. The van der Waals surface area contributed by atoms with E-state index >= 15 is 0 Å². The van der Waals surface area contributed by atoms with Crippen molar-refractivity contribution in [3.8, 4) is 22.6 Å². The van der Waals surface area contributed by atoms with Gasteiger partial charge in [-0.25, -0.2) is 18.4 Å². The number of carbonyl (C=O) groups is 1. The third-order valence-electron chi connectivity index (χ3n) is 13.4. The van der Waals surface area contributed by atoms with Gasteiger partial charge in [-0.2, -0.15) is 0 Å². The molecule has 3 aromatic carbocycles. The molecule has 0 bridgehead atoms. The van der Waals surface area contributed by atoms with Crippen molar-refractivity contribution >= 4 is 61.0 Å². The van der Waals surface area contributed by atoms with Crippen molar-refractivity contribution in [1.82, 2.24) is 29.5 Å². The molecule has 0 unspecified atom stereocenters. The highest BCUT2D eigenvalue weighted by Gasteiger charge is 2.51. The van der Waals surface area contributed by atoms with Gasteiger partial charge in [-0.3, -0.25) is 24.3 Å². The fraction of sp³-hybridized carbons (Fsp3) is 0.391. The lowest BCUT2D eigenvalue weighted by Gasteiger charge is -2.25. The SMILES string of the molecule is Cc1c(Nc2nccc3cc(CN4CC[C@@H](O)C4)cnc23)cccc1-c1cccc(-c2nc3cc4c(c(Cl)c3o2)CC[C@H]4N2CC[C@@H](C(=O)NS(=O)(=O)C3(C)CC3)C2)c1C. The highest BCUT2D eigenvalue weighted by atomic mass is 35.5. The van der Waals surface area contributed by atoms with Gasteiger partial charge < -0.3 is 14.8 Å². The van der Waals surface area contributed by atoms with Gasteiger partial charge >= 0.3 is 0 Å². The maximum atomic E-state index is 13.1. The van der Waals surface area contributed by atoms with Crippen LogP contribution in [-0.4, -0.2) is 81.2 Å². The van der Waals surface area contributed by atoms with E-state index in [2.05, 4.69) is 69.0 Å². The number of nitrogens with one attached hydrogen (secondary N) is 2. The Kier molecular flexibility index (Phi) is 9.75. The number of anilines is 2. The Bertz CT molecular complexity index is 2820. The molecule has 2 saturated heterocycles. The topological polar surface area (TPSA) is 154 Å². The smallest absolute Gasteiger partial charge is 0.240 e. The number of carbonyl (C=O) groups excluding carboxylic acids is 1. The monoisotopic (exact) mass is 845 g/mol. The van der Waals surface area contributed by atoms with E-state index in [0.717, 1.165) is 93.4 Å². The summed E-state index contributed by atoms with van der Waals surface area (Å²) in [5, 5.41) is 15.1. The third kappa shape index (κ3) is 6.94. The summed E-state index contributed by atoms with van der Waals surface area (Å²) >= 11 is 7.11. The minimum atomic E-state index is -3.68. The van der Waals surface area contributed by atoms with Crippen molar-refractivity contribution < 1.29 is 22.7 Å². The van der Waals surface area contributed by atoms with Gasteiger partial charge in [-0.15, -0.1) is 0 Å². The van der Waals surface area contributed by atoms with E-state index in [-0.39, 0.29) is 18.1 Å². The number of halogens is 1. The summed E-state index contributed by atoms with van der Waals surface area (Å²) in [5.41, 5.74) is 11.3. The number of rotatable bonds is 10. The predicted molar refractivity (Wildman–Crippen MR) is 234 cm³/mol. The number of amides is 1. The second-order valence-corrected chi connectivity index (χ2v) is 20.0. The van der Waals surface area contributed by atoms with Gasteiger partial charge in [0.25, 0.3) is 0 Å². The minimum absolute atomic E-state index is 0.0549. The first kappa shape index (κ1) is 39.2. The molecule has 3 fully saturated rings. The summed E-state index contributed by atoms with van der Waals surface area (Å²) in [6.07, 6.45) is 7.66. The Hall–Kier alpha value is -4.92. The molecule has 3 atom stereocenters. The van der Waals surface area contributed by atoms with E-state index in [0.29, 0.717) is 66.7 Å². The number of fused-ring (bicyclic) bond motifs is 3. The largest absolute Gasteiger partial charge is 0.434 e. The lowest BCUT2D eigenvalue weighted by atomic mass is 9.93. The van der Waals surface area contributed by atoms with Crippen molar-refractivity contribution in [1.29, 1.82) is 0 Å². The molecule has 12 nitrogen and oxygen atoms in total. The first-order valence-corrected chi connectivity index (χ1v) is 22.7. The molecule has 6 aromatic rings. The van der Waals surface area contributed by atoms with Gasteiger partial charge in [0.2, 0.25) is 21.8 Å². The average molecular weight is 846 g/mol. The van der Waals surface area contributed by atoms with Crippen molar-refractivity contribution in [2.45, 2.75) is 82.7 Å². The summed E-state index contributed by atoms with van der Waals surface area (Å²) in [6.45, 7) is 9.40. The Labute approximate surface area is 354 Å². The molecule has 3 aromatic heterocycles. The van der Waals surface area contributed by atoms with Crippen molar-refractivity contribution in [2.75, 3.05) is 31.5 Å². The minimum Gasteiger partial charge on any atom is -0.434 e. The van der Waals surface area contributed by atoms with Crippen LogP contribution in [0.2, 0.25) is 5.02 Å². The van der Waals surface area contributed by atoms with Gasteiger partial charge in [0, 0.05) is 61.3 Å². The molecule has 5 heterocycles. The summed E-state index contributed by atoms with van der Waals surface area (Å²) in [5.74, 6) is 0.386. The lowest BCUT2D eigenvalue weighted by Crippen LogP contribution is -2.42. The van der Waals surface area contributed by atoms with E-state index in [9.17, 15) is 18.3 Å². The molecule has 60 heavy (non-hydrogen) atoms. The van der Waals surface area contributed by atoms with Crippen molar-refractivity contribution in [3.05, 3.63) is 99.8 Å². The molecule has 2 aliphatic heterocycles. The molecule has 4 aliphatic rings. The zero-order valence-electron chi connectivity index (χ0n) is 34.0. The third-order valence-corrected chi connectivity index (χ3v) is 16.0. The quantitative estimate of drug-likeness (QED) is 0.123. The summed E-state index contributed by atoms with van der Waals surface area (Å²) in [7, 11) is -3.68. The zero-order chi connectivity index (χ0) is 41.5. The number of aliphatic hydroxyl groups excluding tert-OH is 1. The zero-order valence-corrected chi connectivity index (χ0v) is 35.5. The van der Waals surface area contributed by atoms with Gasteiger partial charge in [0.15, 0.2) is 11.4 Å². The van der Waals surface area contributed by atoms with Crippen molar-refractivity contribution in [2.24, 2.45) is 5.92 Å². The number of pyridine rings is 2. The maximum Gasteiger partial charge on any atom is 0.240 e. The molecule has 1 amide bonds. The van der Waals surface area contributed by atoms with E-state index in [1.165, 1.54) is 0 Å². The van der Waals surface area contributed by atoms with Crippen LogP contribution in [0.4, 0.5) is 11.5 Å². The maximum absolute atomic E-state index is 13.1. The van der Waals surface area contributed by atoms with Crippen LogP contribution in [0, 0.1) is 19.8 Å². The van der Waals surface area contributed by atoms with Gasteiger partial charge in [-0.1, -0.05) is 35.9 Å². The number of hydrogen-bond acceptors (Lipinski definition) is 11.